The van der Waals surface area contributed by atoms with Crippen molar-refractivity contribution in [1.29, 1.82) is 5.41 Å². The number of nitrogens with zero attached hydrogens (tertiary/aromatic N) is 3. The van der Waals surface area contributed by atoms with Gasteiger partial charge in [0.15, 0.2) is 6.61 Å². The van der Waals surface area contributed by atoms with Gasteiger partial charge >= 0.3 is 6.01 Å². The fourth-order valence-electron chi connectivity index (χ4n) is 2.01. The molecule has 1 aliphatic rings. The van der Waals surface area contributed by atoms with Crippen LogP contribution in [0.3, 0.4) is 0 Å². The van der Waals surface area contributed by atoms with Crippen molar-refractivity contribution in [2.75, 3.05) is 19.8 Å². The van der Waals surface area contributed by atoms with E-state index >= 15 is 0 Å². The molecule has 0 amide bonds. The number of hydrogen-bond donors (Lipinski definition) is 1. The van der Waals surface area contributed by atoms with E-state index in [4.69, 9.17) is 59.3 Å². The maximum absolute atomic E-state index is 8.28. The molecule has 0 atom stereocenters. The minimum Gasteiger partial charge on any atom is -0.473 e. The van der Waals surface area contributed by atoms with Crippen LogP contribution in [-0.2, 0) is 9.57 Å². The van der Waals surface area contributed by atoms with Crippen molar-refractivity contribution in [2.45, 2.75) is 3.79 Å². The summed E-state index contributed by atoms with van der Waals surface area (Å²) in [5, 5.41) is 12.0. The molecule has 8 nitrogen and oxygen atoms in total. The number of aromatic nitrogens is 2. The molecular weight excluding hydrogens is 419 g/mol. The molecule has 1 aromatic heterocycles. The second-order valence-corrected chi connectivity index (χ2v) is 7.65. The summed E-state index contributed by atoms with van der Waals surface area (Å²) in [6, 6.07) is 8.34. The predicted octanol–water partition coefficient (Wildman–Crippen LogP) is 3.75. The maximum Gasteiger partial charge on any atom is 0.325 e. The van der Waals surface area contributed by atoms with Gasteiger partial charge in [-0.2, -0.15) is 4.98 Å². The van der Waals surface area contributed by atoms with Gasteiger partial charge in [-0.25, -0.2) is 4.98 Å². The molecule has 27 heavy (non-hydrogen) atoms. The van der Waals surface area contributed by atoms with Crippen LogP contribution in [0.1, 0.15) is 5.56 Å². The van der Waals surface area contributed by atoms with Gasteiger partial charge in [-0.05, 0) is 17.3 Å². The molecular formula is C16H13Cl3N4O4. The van der Waals surface area contributed by atoms with E-state index in [0.29, 0.717) is 24.5 Å². The highest BCUT2D eigenvalue weighted by atomic mass is 35.6. The molecule has 0 saturated carbocycles. The SMILES string of the molecule is N=C(C1=NOCCO1)c1ccccc1Oc1nccc(OCC(Cl)(Cl)Cl)n1. The van der Waals surface area contributed by atoms with Crippen molar-refractivity contribution in [2.24, 2.45) is 5.16 Å². The summed E-state index contributed by atoms with van der Waals surface area (Å²) in [7, 11) is 0. The normalized spacial score (nSPS) is 13.8. The van der Waals surface area contributed by atoms with Crippen molar-refractivity contribution in [3.63, 3.8) is 0 Å². The van der Waals surface area contributed by atoms with E-state index in [9.17, 15) is 0 Å². The number of benzene rings is 1. The lowest BCUT2D eigenvalue weighted by Gasteiger charge is -2.16. The molecule has 0 radical (unpaired) electrons. The molecule has 0 unspecified atom stereocenters. The van der Waals surface area contributed by atoms with Gasteiger partial charge in [0.25, 0.3) is 5.90 Å². The number of ether oxygens (including phenoxy) is 3. The maximum atomic E-state index is 8.28. The predicted molar refractivity (Wildman–Crippen MR) is 101 cm³/mol. The van der Waals surface area contributed by atoms with Gasteiger partial charge < -0.3 is 19.0 Å². The van der Waals surface area contributed by atoms with Crippen LogP contribution in [0.4, 0.5) is 0 Å². The molecule has 11 heteroatoms. The Morgan fingerprint density at radius 3 is 2.74 bits per heavy atom. The Balaban J connectivity index is 1.78. The molecule has 0 spiro atoms. The fraction of sp³-hybridized carbons (Fsp3) is 0.250. The van der Waals surface area contributed by atoms with Gasteiger partial charge in [-0.1, -0.05) is 46.9 Å². The number of halogens is 3. The number of para-hydroxylation sites is 1. The van der Waals surface area contributed by atoms with Gasteiger partial charge in [0.1, 0.15) is 24.7 Å². The Kier molecular flexibility index (Phi) is 6.20. The third-order valence-corrected chi connectivity index (χ3v) is 3.45. The van der Waals surface area contributed by atoms with Crippen LogP contribution in [0.25, 0.3) is 0 Å². The molecule has 1 aliphatic heterocycles. The third-order valence-electron chi connectivity index (χ3n) is 3.12. The summed E-state index contributed by atoms with van der Waals surface area (Å²) in [6.07, 6.45) is 1.44. The monoisotopic (exact) mass is 430 g/mol. The molecule has 3 rings (SSSR count). The number of hydrogen-bond acceptors (Lipinski definition) is 8. The largest absolute Gasteiger partial charge is 0.473 e. The van der Waals surface area contributed by atoms with Crippen molar-refractivity contribution in [1.82, 2.24) is 9.97 Å². The van der Waals surface area contributed by atoms with Crippen molar-refractivity contribution < 1.29 is 19.0 Å². The van der Waals surface area contributed by atoms with Gasteiger partial charge in [0.05, 0.1) is 0 Å². The van der Waals surface area contributed by atoms with E-state index in [2.05, 4.69) is 15.1 Å². The number of oxime groups is 1. The highest BCUT2D eigenvalue weighted by Crippen LogP contribution is 2.28. The summed E-state index contributed by atoms with van der Waals surface area (Å²) in [5.41, 5.74) is 0.437. The number of rotatable bonds is 6. The lowest BCUT2D eigenvalue weighted by molar-refractivity contribution is 0.0676. The Labute approximate surface area is 169 Å². The minimum absolute atomic E-state index is 0.000168. The molecule has 1 aromatic carbocycles. The lowest BCUT2D eigenvalue weighted by atomic mass is 10.1. The van der Waals surface area contributed by atoms with E-state index in [-0.39, 0.29) is 30.1 Å². The first kappa shape index (κ1) is 19.5. The molecule has 0 aliphatic carbocycles. The van der Waals surface area contributed by atoms with E-state index in [0.717, 1.165) is 0 Å². The smallest absolute Gasteiger partial charge is 0.325 e. The van der Waals surface area contributed by atoms with Crippen molar-refractivity contribution in [3.05, 3.63) is 42.1 Å². The summed E-state index contributed by atoms with van der Waals surface area (Å²) >= 11 is 17.0. The van der Waals surface area contributed by atoms with Crippen LogP contribution in [0.15, 0.2) is 41.7 Å². The summed E-state index contributed by atoms with van der Waals surface area (Å²) < 4.78 is 14.8. The summed E-state index contributed by atoms with van der Waals surface area (Å²) in [6.45, 7) is 0.464. The quantitative estimate of drug-likeness (QED) is 0.552. The van der Waals surface area contributed by atoms with Crippen molar-refractivity contribution in [3.8, 4) is 17.6 Å². The molecule has 2 heterocycles. The number of alkyl halides is 3. The zero-order chi connectivity index (χ0) is 19.3. The molecule has 142 valence electrons. The highest BCUT2D eigenvalue weighted by molar-refractivity contribution is 6.67. The molecule has 2 aromatic rings. The Morgan fingerprint density at radius 1 is 1.19 bits per heavy atom. The van der Waals surface area contributed by atoms with E-state index < -0.39 is 3.79 Å². The standard InChI is InChI=1S/C16H13Cl3N4O4/c17-16(18,19)9-25-12-5-6-21-15(22-12)27-11-4-2-1-3-10(11)13(20)14-23-26-8-7-24-14/h1-6,20H,7-9H2. The lowest BCUT2D eigenvalue weighted by Crippen LogP contribution is -2.24. The van der Waals surface area contributed by atoms with Gasteiger partial charge in [0.2, 0.25) is 9.67 Å². The van der Waals surface area contributed by atoms with Crippen LogP contribution in [0.5, 0.6) is 17.6 Å². The second kappa shape index (κ2) is 8.60. The van der Waals surface area contributed by atoms with E-state index in [1.807, 2.05) is 0 Å². The second-order valence-electron chi connectivity index (χ2n) is 5.13. The molecule has 1 N–H and O–H groups in total. The van der Waals surface area contributed by atoms with Crippen LogP contribution in [0.2, 0.25) is 0 Å². The number of nitrogens with one attached hydrogen (secondary N) is 1. The fourth-order valence-corrected chi connectivity index (χ4v) is 2.17. The van der Waals surface area contributed by atoms with Gasteiger partial charge in [-0.3, -0.25) is 5.41 Å². The molecule has 0 saturated heterocycles. The molecule has 0 bridgehead atoms. The van der Waals surface area contributed by atoms with E-state index in [1.165, 1.54) is 12.3 Å². The highest BCUT2D eigenvalue weighted by Gasteiger charge is 2.22. The minimum atomic E-state index is -1.57. The Bertz CT molecular complexity index is 858. The first-order valence-corrected chi connectivity index (χ1v) is 8.77. The van der Waals surface area contributed by atoms with Crippen molar-refractivity contribution >= 4 is 46.4 Å². The first-order chi connectivity index (χ1) is 12.9. The van der Waals surface area contributed by atoms with E-state index in [1.54, 1.807) is 24.3 Å². The first-order valence-electron chi connectivity index (χ1n) is 7.64. The Morgan fingerprint density at radius 2 is 2.00 bits per heavy atom. The van der Waals surface area contributed by atoms with Crippen LogP contribution >= 0.6 is 34.8 Å². The summed E-state index contributed by atoms with van der Waals surface area (Å²) in [5.74, 6) is 0.572. The average molecular weight is 432 g/mol. The third kappa shape index (κ3) is 5.59. The zero-order valence-electron chi connectivity index (χ0n) is 13.7. The van der Waals surface area contributed by atoms with Crippen LogP contribution in [0, 0.1) is 5.41 Å². The average Bonchev–Trinajstić information content (AvgIpc) is 2.67. The topological polar surface area (TPSA) is 98.9 Å². The Hall–Kier alpha value is -2.29. The summed E-state index contributed by atoms with van der Waals surface area (Å²) in [4.78, 5) is 13.1. The molecule has 0 fully saturated rings. The zero-order valence-corrected chi connectivity index (χ0v) is 16.0. The van der Waals surface area contributed by atoms with Crippen LogP contribution < -0.4 is 9.47 Å². The van der Waals surface area contributed by atoms with Gasteiger partial charge in [0, 0.05) is 17.8 Å². The van der Waals surface area contributed by atoms with Crippen LogP contribution in [-0.4, -0.2) is 45.2 Å². The van der Waals surface area contributed by atoms with Gasteiger partial charge in [-0.15, -0.1) is 0 Å².